The Morgan fingerprint density at radius 2 is 1.81 bits per heavy atom. The second-order valence-corrected chi connectivity index (χ2v) is 4.31. The van der Waals surface area contributed by atoms with Crippen molar-refractivity contribution < 1.29 is 8.42 Å². The van der Waals surface area contributed by atoms with Gasteiger partial charge in [-0.25, -0.2) is 19.1 Å². The lowest BCUT2D eigenvalue weighted by Crippen LogP contribution is -2.11. The minimum absolute atomic E-state index is 0.156. The molecule has 16 heavy (non-hydrogen) atoms. The van der Waals surface area contributed by atoms with Crippen LogP contribution >= 0.6 is 0 Å². The topological polar surface area (TPSA) is 135 Å². The number of hydrogen-bond acceptors (Lipinski definition) is 5. The van der Waals surface area contributed by atoms with Crippen molar-refractivity contribution in [2.75, 3.05) is 0 Å². The molecule has 1 rings (SSSR count). The molecule has 0 unspecified atom stereocenters. The predicted octanol–water partition coefficient (Wildman–Crippen LogP) is 0.562. The second-order valence-electron chi connectivity index (χ2n) is 2.75. The zero-order valence-corrected chi connectivity index (χ0v) is 9.48. The van der Waals surface area contributed by atoms with Crippen LogP contribution in [0.15, 0.2) is 39.4 Å². The number of hydrazone groups is 1. The zero-order chi connectivity index (χ0) is 12.6. The van der Waals surface area contributed by atoms with Crippen molar-refractivity contribution in [2.45, 2.75) is 11.8 Å². The van der Waals surface area contributed by atoms with Gasteiger partial charge in [0.05, 0.1) is 4.90 Å². The van der Waals surface area contributed by atoms with Crippen molar-refractivity contribution >= 4 is 16.4 Å². The molecule has 1 aromatic carbocycles. The Morgan fingerprint density at radius 3 is 2.06 bits per heavy atom. The Morgan fingerprint density at radius 1 is 1.31 bits per heavy atom. The molecule has 0 bridgehead atoms. The van der Waals surface area contributed by atoms with Crippen molar-refractivity contribution in [3.8, 4) is 0 Å². The van der Waals surface area contributed by atoms with Crippen LogP contribution in [0.25, 0.3) is 0 Å². The first-order chi connectivity index (χ1) is 7.41. The molecule has 0 fully saturated rings. The largest absolute Gasteiger partial charge is 0.322 e. The molecular formula is C8H13N5O2S. The maximum absolute atomic E-state index is 10.7. The SMILES string of the molecule is Cc1ccc(S(N)(=O)=O)cc1.N=NC=NN. The highest BCUT2D eigenvalue weighted by molar-refractivity contribution is 7.89. The van der Waals surface area contributed by atoms with Gasteiger partial charge in [0.2, 0.25) is 10.0 Å². The van der Waals surface area contributed by atoms with Crippen LogP contribution < -0.4 is 11.0 Å². The number of benzene rings is 1. The number of hydrogen-bond donors (Lipinski definition) is 3. The number of primary sulfonamides is 1. The smallest absolute Gasteiger partial charge is 0.238 e. The summed E-state index contributed by atoms with van der Waals surface area (Å²) in [7, 11) is -3.52. The summed E-state index contributed by atoms with van der Waals surface area (Å²) in [5, 5.41) is 10.4. The maximum Gasteiger partial charge on any atom is 0.238 e. The summed E-state index contributed by atoms with van der Waals surface area (Å²) in [5.41, 5.74) is 7.01. The molecule has 0 radical (unpaired) electrons. The van der Waals surface area contributed by atoms with E-state index < -0.39 is 10.0 Å². The lowest BCUT2D eigenvalue weighted by atomic mass is 10.2. The van der Waals surface area contributed by atoms with Crippen LogP contribution in [0.5, 0.6) is 0 Å². The summed E-state index contributed by atoms with van der Waals surface area (Å²) in [4.78, 5) is 0.156. The van der Waals surface area contributed by atoms with E-state index in [9.17, 15) is 8.42 Å². The summed E-state index contributed by atoms with van der Waals surface area (Å²) < 4.78 is 21.4. The van der Waals surface area contributed by atoms with E-state index in [2.05, 4.69) is 16.1 Å². The van der Waals surface area contributed by atoms with E-state index in [4.69, 9.17) is 10.7 Å². The molecule has 88 valence electrons. The molecule has 0 heterocycles. The Balaban J connectivity index is 0.000000385. The van der Waals surface area contributed by atoms with Crippen LogP contribution in [0.2, 0.25) is 0 Å². The average molecular weight is 243 g/mol. The molecule has 0 saturated carbocycles. The van der Waals surface area contributed by atoms with E-state index in [0.29, 0.717) is 0 Å². The lowest BCUT2D eigenvalue weighted by Gasteiger charge is -1.96. The van der Waals surface area contributed by atoms with Gasteiger partial charge in [-0.05, 0) is 19.1 Å². The first-order valence-electron chi connectivity index (χ1n) is 4.09. The predicted molar refractivity (Wildman–Crippen MR) is 60.4 cm³/mol. The molecule has 0 aliphatic heterocycles. The van der Waals surface area contributed by atoms with Crippen LogP contribution in [0.1, 0.15) is 5.56 Å². The van der Waals surface area contributed by atoms with Crippen LogP contribution in [-0.4, -0.2) is 14.8 Å². The van der Waals surface area contributed by atoms with Gasteiger partial charge >= 0.3 is 0 Å². The Bertz CT molecular complexity index is 452. The fraction of sp³-hybridized carbons (Fsp3) is 0.125. The maximum atomic E-state index is 10.7. The van der Waals surface area contributed by atoms with Gasteiger partial charge in [-0.2, -0.15) is 5.10 Å². The Hall–Kier alpha value is -1.80. The summed E-state index contributed by atoms with van der Waals surface area (Å²) in [6.07, 6.45) is 0.944. The van der Waals surface area contributed by atoms with Gasteiger partial charge in [0.15, 0.2) is 6.34 Å². The minimum atomic E-state index is -3.52. The Labute approximate surface area is 93.7 Å². The van der Waals surface area contributed by atoms with E-state index in [1.165, 1.54) is 12.1 Å². The van der Waals surface area contributed by atoms with Gasteiger partial charge in [-0.15, -0.1) is 5.11 Å². The molecule has 1 aromatic rings. The van der Waals surface area contributed by atoms with Crippen LogP contribution in [-0.2, 0) is 10.0 Å². The second kappa shape index (κ2) is 6.64. The number of nitrogens with two attached hydrogens (primary N) is 2. The third-order valence-corrected chi connectivity index (χ3v) is 2.40. The van der Waals surface area contributed by atoms with Gasteiger partial charge < -0.3 is 5.84 Å². The van der Waals surface area contributed by atoms with Crippen molar-refractivity contribution in [3.63, 3.8) is 0 Å². The van der Waals surface area contributed by atoms with Gasteiger partial charge in [0, 0.05) is 0 Å². The minimum Gasteiger partial charge on any atom is -0.322 e. The Kier molecular flexibility index (Phi) is 5.89. The van der Waals surface area contributed by atoms with Crippen LogP contribution in [0.3, 0.4) is 0 Å². The third-order valence-electron chi connectivity index (χ3n) is 1.47. The number of nitrogens with zero attached hydrogens (tertiary/aromatic N) is 2. The zero-order valence-electron chi connectivity index (χ0n) is 8.66. The number of aryl methyl sites for hydroxylation is 1. The first kappa shape index (κ1) is 14.2. The fourth-order valence-electron chi connectivity index (χ4n) is 0.761. The highest BCUT2D eigenvalue weighted by Crippen LogP contribution is 2.06. The molecule has 0 atom stereocenters. The fourth-order valence-corrected chi connectivity index (χ4v) is 1.28. The molecule has 0 spiro atoms. The normalized spacial score (nSPS) is 10.6. The van der Waals surface area contributed by atoms with Crippen molar-refractivity contribution in [1.29, 1.82) is 5.53 Å². The summed E-state index contributed by atoms with van der Waals surface area (Å²) in [6.45, 7) is 1.88. The molecule has 8 heteroatoms. The molecule has 0 saturated heterocycles. The molecule has 0 aliphatic rings. The number of sulfonamides is 1. The van der Waals surface area contributed by atoms with Gasteiger partial charge in [-0.1, -0.05) is 17.7 Å². The molecule has 0 amide bonds. The van der Waals surface area contributed by atoms with E-state index >= 15 is 0 Å². The molecule has 0 aliphatic carbocycles. The van der Waals surface area contributed by atoms with Crippen LogP contribution in [0, 0.1) is 12.5 Å². The summed E-state index contributed by atoms with van der Waals surface area (Å²) >= 11 is 0. The summed E-state index contributed by atoms with van der Waals surface area (Å²) in [6, 6.07) is 6.40. The summed E-state index contributed by atoms with van der Waals surface area (Å²) in [5.74, 6) is 4.49. The van der Waals surface area contributed by atoms with Gasteiger partial charge in [0.1, 0.15) is 0 Å². The number of nitrogens with one attached hydrogen (secondary N) is 1. The highest BCUT2D eigenvalue weighted by Gasteiger charge is 2.04. The van der Waals surface area contributed by atoms with E-state index in [1.54, 1.807) is 12.1 Å². The molecule has 7 nitrogen and oxygen atoms in total. The highest BCUT2D eigenvalue weighted by atomic mass is 32.2. The van der Waals surface area contributed by atoms with E-state index in [-0.39, 0.29) is 4.90 Å². The lowest BCUT2D eigenvalue weighted by molar-refractivity contribution is 0.598. The monoisotopic (exact) mass is 243 g/mol. The van der Waals surface area contributed by atoms with Crippen LogP contribution in [0.4, 0.5) is 0 Å². The van der Waals surface area contributed by atoms with E-state index in [1.807, 2.05) is 6.92 Å². The number of rotatable bonds is 2. The average Bonchev–Trinajstić information content (AvgIpc) is 2.19. The standard InChI is InChI=1S/C7H9NO2S.CH4N4/c1-6-2-4-7(5-3-6)11(8,9)10;2-4-1-5-3/h2-5H,1H3,(H2,8,9,10);1-2H,3H2. The molecule has 5 N–H and O–H groups in total. The quantitative estimate of drug-likeness (QED) is 0.230. The van der Waals surface area contributed by atoms with Gasteiger partial charge in [-0.3, -0.25) is 0 Å². The molecular weight excluding hydrogens is 230 g/mol. The first-order valence-corrected chi connectivity index (χ1v) is 5.64. The van der Waals surface area contributed by atoms with Gasteiger partial charge in [0.25, 0.3) is 0 Å². The third kappa shape index (κ3) is 5.83. The van der Waals surface area contributed by atoms with Crippen molar-refractivity contribution in [3.05, 3.63) is 29.8 Å². The van der Waals surface area contributed by atoms with Crippen molar-refractivity contribution in [2.24, 2.45) is 21.2 Å². The van der Waals surface area contributed by atoms with Crippen molar-refractivity contribution in [1.82, 2.24) is 0 Å². The molecule has 0 aromatic heterocycles. The van der Waals surface area contributed by atoms with E-state index in [0.717, 1.165) is 11.9 Å².